The number of unbranched alkanes of at least 4 members (excludes halogenated alkanes) is 4. The third-order valence-corrected chi connectivity index (χ3v) is 4.07. The van der Waals surface area contributed by atoms with Crippen molar-refractivity contribution in [3.8, 4) is 0 Å². The van der Waals surface area contributed by atoms with Gasteiger partial charge in [-0.25, -0.2) is 0 Å². The van der Waals surface area contributed by atoms with Crippen LogP contribution in [0.15, 0.2) is 36.4 Å². The topological polar surface area (TPSA) is 3.24 Å². The van der Waals surface area contributed by atoms with Gasteiger partial charge in [-0.2, -0.15) is 0 Å². The molecule has 0 heterocycles. The zero-order chi connectivity index (χ0) is 15.3. The second-order valence-corrected chi connectivity index (χ2v) is 6.05. The number of hydrogen-bond acceptors (Lipinski definition) is 1. The predicted molar refractivity (Wildman–Crippen MR) is 95.2 cm³/mol. The van der Waals surface area contributed by atoms with Crippen molar-refractivity contribution < 1.29 is 0 Å². The van der Waals surface area contributed by atoms with Crippen molar-refractivity contribution in [3.05, 3.63) is 47.0 Å². The van der Waals surface area contributed by atoms with E-state index >= 15 is 0 Å². The van der Waals surface area contributed by atoms with Gasteiger partial charge in [0.25, 0.3) is 0 Å². The molecule has 0 aliphatic heterocycles. The second kappa shape index (κ2) is 11.8. The first-order chi connectivity index (χ1) is 10.3. The molecule has 0 aromatic heterocycles. The van der Waals surface area contributed by atoms with Gasteiger partial charge in [0.05, 0.1) is 0 Å². The highest BCUT2D eigenvalue weighted by molar-refractivity contribution is 6.30. The van der Waals surface area contributed by atoms with E-state index in [1.54, 1.807) is 0 Å². The third-order valence-electron chi connectivity index (χ3n) is 3.82. The highest BCUT2D eigenvalue weighted by Crippen LogP contribution is 2.10. The molecule has 0 saturated heterocycles. The van der Waals surface area contributed by atoms with Crippen LogP contribution in [0.2, 0.25) is 5.02 Å². The molecular weight excluding hydrogens is 278 g/mol. The highest BCUT2D eigenvalue weighted by Gasteiger charge is 1.99. The molecule has 0 N–H and O–H groups in total. The molecule has 0 unspecified atom stereocenters. The lowest BCUT2D eigenvalue weighted by molar-refractivity contribution is 0.309. The average molecular weight is 308 g/mol. The Morgan fingerprint density at radius 2 is 1.67 bits per heavy atom. The van der Waals surface area contributed by atoms with Crippen molar-refractivity contribution >= 4 is 11.6 Å². The first-order valence-corrected chi connectivity index (χ1v) is 8.75. The predicted octanol–water partition coefficient (Wildman–Crippen LogP) is 5.73. The van der Waals surface area contributed by atoms with Crippen molar-refractivity contribution in [1.29, 1.82) is 0 Å². The molecule has 21 heavy (non-hydrogen) atoms. The number of benzene rings is 1. The summed E-state index contributed by atoms with van der Waals surface area (Å²) >= 11 is 5.89. The molecule has 0 fully saturated rings. The van der Waals surface area contributed by atoms with Gasteiger partial charge < -0.3 is 0 Å². The number of allylic oxidation sites excluding steroid dienone is 1. The Balaban J connectivity index is 2.18. The third kappa shape index (κ3) is 8.95. The summed E-state index contributed by atoms with van der Waals surface area (Å²) in [5.74, 6) is 0. The quantitative estimate of drug-likeness (QED) is 0.373. The molecule has 118 valence electrons. The van der Waals surface area contributed by atoms with Crippen molar-refractivity contribution in [2.24, 2.45) is 0 Å². The van der Waals surface area contributed by atoms with Crippen LogP contribution in [0.5, 0.6) is 0 Å². The van der Waals surface area contributed by atoms with E-state index in [1.165, 1.54) is 44.2 Å². The fraction of sp³-hybridized carbons (Fsp3) is 0.579. The minimum Gasteiger partial charge on any atom is -0.300 e. The van der Waals surface area contributed by atoms with Crippen LogP contribution in [0.1, 0.15) is 51.5 Å². The van der Waals surface area contributed by atoms with Gasteiger partial charge in [-0.1, -0.05) is 75.4 Å². The van der Waals surface area contributed by atoms with Crippen LogP contribution in [-0.4, -0.2) is 24.5 Å². The van der Waals surface area contributed by atoms with E-state index in [-0.39, 0.29) is 0 Å². The number of hydrogen-bond donors (Lipinski definition) is 0. The van der Waals surface area contributed by atoms with E-state index in [4.69, 9.17) is 11.6 Å². The number of halogens is 1. The lowest BCUT2D eigenvalue weighted by atomic mass is 10.1. The molecular formula is C19H30ClN. The van der Waals surface area contributed by atoms with E-state index in [9.17, 15) is 0 Å². The number of nitrogens with zero attached hydrogens (tertiary/aromatic N) is 1. The van der Waals surface area contributed by atoms with Crippen molar-refractivity contribution in [1.82, 2.24) is 4.90 Å². The number of rotatable bonds is 11. The standard InChI is InChI=1S/C19H30ClN/c1-3-5-6-7-9-16-21(4-2)17-10-8-11-18-12-14-19(20)15-13-18/h8,10,12-15H,3-7,9,11,16-17H2,1-2H3/b10-8+. The van der Waals surface area contributed by atoms with Gasteiger partial charge in [-0.05, 0) is 43.6 Å². The number of likely N-dealkylation sites (N-methyl/N-ethyl adjacent to an activating group) is 1. The zero-order valence-electron chi connectivity index (χ0n) is 13.7. The second-order valence-electron chi connectivity index (χ2n) is 5.61. The molecule has 0 spiro atoms. The Hall–Kier alpha value is -0.790. The Kier molecular flexibility index (Phi) is 10.3. The molecule has 0 radical (unpaired) electrons. The van der Waals surface area contributed by atoms with Crippen molar-refractivity contribution in [2.75, 3.05) is 19.6 Å². The van der Waals surface area contributed by atoms with Gasteiger partial charge in [0.1, 0.15) is 0 Å². The lowest BCUT2D eigenvalue weighted by Gasteiger charge is -2.18. The highest BCUT2D eigenvalue weighted by atomic mass is 35.5. The lowest BCUT2D eigenvalue weighted by Crippen LogP contribution is -2.24. The molecule has 0 amide bonds. The largest absolute Gasteiger partial charge is 0.300 e. The maximum atomic E-state index is 5.89. The fourth-order valence-corrected chi connectivity index (χ4v) is 2.51. The summed E-state index contributed by atoms with van der Waals surface area (Å²) in [4.78, 5) is 2.52. The summed E-state index contributed by atoms with van der Waals surface area (Å²) in [7, 11) is 0. The Morgan fingerprint density at radius 1 is 0.952 bits per heavy atom. The maximum absolute atomic E-state index is 5.89. The molecule has 1 rings (SSSR count). The van der Waals surface area contributed by atoms with Gasteiger partial charge in [0.15, 0.2) is 0 Å². The molecule has 1 aromatic carbocycles. The summed E-state index contributed by atoms with van der Waals surface area (Å²) in [6.45, 7) is 7.95. The van der Waals surface area contributed by atoms with Crippen LogP contribution in [0.25, 0.3) is 0 Å². The van der Waals surface area contributed by atoms with E-state index in [0.717, 1.165) is 24.5 Å². The minimum absolute atomic E-state index is 0.808. The van der Waals surface area contributed by atoms with E-state index in [0.29, 0.717) is 0 Å². The van der Waals surface area contributed by atoms with Crippen LogP contribution < -0.4 is 0 Å². The Labute approximate surface area is 136 Å². The molecule has 1 aromatic rings. The smallest absolute Gasteiger partial charge is 0.0406 e. The fourth-order valence-electron chi connectivity index (χ4n) is 2.38. The molecule has 0 atom stereocenters. The Morgan fingerprint density at radius 3 is 2.33 bits per heavy atom. The summed E-state index contributed by atoms with van der Waals surface area (Å²) in [6.07, 6.45) is 12.4. The molecule has 2 heteroatoms. The maximum Gasteiger partial charge on any atom is 0.0406 e. The van der Waals surface area contributed by atoms with Crippen molar-refractivity contribution in [3.63, 3.8) is 0 Å². The first kappa shape index (κ1) is 18.3. The van der Waals surface area contributed by atoms with Crippen LogP contribution >= 0.6 is 11.6 Å². The molecule has 0 aliphatic carbocycles. The van der Waals surface area contributed by atoms with E-state index < -0.39 is 0 Å². The monoisotopic (exact) mass is 307 g/mol. The zero-order valence-corrected chi connectivity index (χ0v) is 14.4. The van der Waals surface area contributed by atoms with E-state index in [2.05, 4.69) is 43.0 Å². The van der Waals surface area contributed by atoms with Gasteiger partial charge in [0.2, 0.25) is 0 Å². The van der Waals surface area contributed by atoms with Gasteiger partial charge in [-0.15, -0.1) is 0 Å². The summed E-state index contributed by atoms with van der Waals surface area (Å²) in [6, 6.07) is 8.11. The Bertz CT molecular complexity index is 383. The normalized spacial score (nSPS) is 11.6. The van der Waals surface area contributed by atoms with E-state index in [1.807, 2.05) is 12.1 Å². The van der Waals surface area contributed by atoms with Crippen molar-refractivity contribution in [2.45, 2.75) is 52.4 Å². The van der Waals surface area contributed by atoms with Crippen LogP contribution in [0.3, 0.4) is 0 Å². The van der Waals surface area contributed by atoms with Crippen LogP contribution in [0.4, 0.5) is 0 Å². The first-order valence-electron chi connectivity index (χ1n) is 8.38. The van der Waals surface area contributed by atoms with Gasteiger partial charge >= 0.3 is 0 Å². The molecule has 0 bridgehead atoms. The summed E-state index contributed by atoms with van der Waals surface area (Å²) in [5.41, 5.74) is 1.32. The molecule has 0 aliphatic rings. The SMILES string of the molecule is CCCCCCCN(CC)C/C=C/Cc1ccc(Cl)cc1. The van der Waals surface area contributed by atoms with Gasteiger partial charge in [0, 0.05) is 11.6 Å². The average Bonchev–Trinajstić information content (AvgIpc) is 2.51. The van der Waals surface area contributed by atoms with Crippen LogP contribution in [-0.2, 0) is 6.42 Å². The molecule has 1 nitrogen and oxygen atoms in total. The van der Waals surface area contributed by atoms with Gasteiger partial charge in [-0.3, -0.25) is 4.90 Å². The summed E-state index contributed by atoms with van der Waals surface area (Å²) < 4.78 is 0. The molecule has 0 saturated carbocycles. The minimum atomic E-state index is 0.808. The van der Waals surface area contributed by atoms with Crippen LogP contribution in [0, 0.1) is 0 Å². The summed E-state index contributed by atoms with van der Waals surface area (Å²) in [5, 5.41) is 0.808.